The molecule has 0 atom stereocenters. The Morgan fingerprint density at radius 2 is 2.14 bits per heavy atom. The van der Waals surface area contributed by atoms with E-state index in [1.165, 1.54) is 0 Å². The molecule has 0 rings (SSSR count). The maximum atomic E-state index is 10.9. The minimum Gasteiger partial charge on any atom is -0.322 e. The van der Waals surface area contributed by atoms with Crippen molar-refractivity contribution in [1.82, 2.24) is 0 Å². The van der Waals surface area contributed by atoms with E-state index in [-0.39, 0.29) is 12.5 Å². The van der Waals surface area contributed by atoms with Gasteiger partial charge in [0, 0.05) is 5.88 Å². The van der Waals surface area contributed by atoms with Crippen LogP contribution in [0.15, 0.2) is 0 Å². The van der Waals surface area contributed by atoms with Crippen LogP contribution >= 0.6 is 11.6 Å². The SMILES string of the molecule is FC(F)OCCCl. The maximum absolute atomic E-state index is 10.9. The smallest absolute Gasteiger partial charge is 0.322 e. The van der Waals surface area contributed by atoms with Gasteiger partial charge in [-0.15, -0.1) is 11.6 Å². The molecule has 0 aliphatic heterocycles. The van der Waals surface area contributed by atoms with Crippen molar-refractivity contribution in [3.63, 3.8) is 0 Å². The molecule has 0 saturated heterocycles. The lowest BCUT2D eigenvalue weighted by Crippen LogP contribution is -2.00. The summed E-state index contributed by atoms with van der Waals surface area (Å²) in [7, 11) is 0. The van der Waals surface area contributed by atoms with Crippen molar-refractivity contribution in [3.8, 4) is 0 Å². The highest BCUT2D eigenvalue weighted by Gasteiger charge is 1.97. The van der Waals surface area contributed by atoms with Crippen molar-refractivity contribution in [2.45, 2.75) is 6.61 Å². The summed E-state index contributed by atoms with van der Waals surface area (Å²) in [4.78, 5) is 0. The van der Waals surface area contributed by atoms with E-state index in [0.29, 0.717) is 0 Å². The Balaban J connectivity index is 2.68. The second kappa shape index (κ2) is 4.27. The molecule has 0 radical (unpaired) electrons. The first-order chi connectivity index (χ1) is 3.27. The van der Waals surface area contributed by atoms with E-state index in [4.69, 9.17) is 11.6 Å². The molecule has 0 aromatic carbocycles. The first-order valence-electron chi connectivity index (χ1n) is 1.73. The van der Waals surface area contributed by atoms with Gasteiger partial charge in [-0.2, -0.15) is 8.78 Å². The second-order valence-corrected chi connectivity index (χ2v) is 1.20. The summed E-state index contributed by atoms with van der Waals surface area (Å²) in [5.41, 5.74) is 0. The summed E-state index contributed by atoms with van der Waals surface area (Å²) in [6, 6.07) is 0. The number of hydrogen-bond donors (Lipinski definition) is 0. The van der Waals surface area contributed by atoms with Crippen LogP contribution in [-0.2, 0) is 4.74 Å². The molecule has 4 heteroatoms. The van der Waals surface area contributed by atoms with Gasteiger partial charge in [0.15, 0.2) is 0 Å². The molecule has 44 valence electrons. The van der Waals surface area contributed by atoms with Crippen molar-refractivity contribution in [2.75, 3.05) is 12.5 Å². The third-order valence-corrected chi connectivity index (χ3v) is 0.475. The normalized spacial score (nSPS) is 10.3. The minimum atomic E-state index is -2.68. The molecule has 0 fully saturated rings. The Morgan fingerprint density at radius 3 is 2.29 bits per heavy atom. The molecule has 0 unspecified atom stereocenters. The second-order valence-electron chi connectivity index (χ2n) is 0.820. The average Bonchev–Trinajstić information content (AvgIpc) is 1.61. The first-order valence-corrected chi connectivity index (χ1v) is 2.26. The molecule has 0 heterocycles. The topological polar surface area (TPSA) is 9.23 Å². The standard InChI is InChI=1S/C3H5ClF2O/c4-1-2-7-3(5)6/h3H,1-2H2. The lowest BCUT2D eigenvalue weighted by molar-refractivity contribution is -0.123. The zero-order valence-electron chi connectivity index (χ0n) is 3.53. The van der Waals surface area contributed by atoms with Gasteiger partial charge in [-0.1, -0.05) is 0 Å². The molecule has 0 N–H and O–H groups in total. The molecule has 0 bridgehead atoms. The fourth-order valence-electron chi connectivity index (χ4n) is 0.134. The molecule has 0 saturated carbocycles. The zero-order valence-corrected chi connectivity index (χ0v) is 4.29. The van der Waals surface area contributed by atoms with Gasteiger partial charge < -0.3 is 4.74 Å². The number of alkyl halides is 3. The summed E-state index contributed by atoms with van der Waals surface area (Å²) in [6.07, 6.45) is 0. The number of rotatable bonds is 3. The van der Waals surface area contributed by atoms with E-state index in [9.17, 15) is 8.78 Å². The van der Waals surface area contributed by atoms with Crippen molar-refractivity contribution < 1.29 is 13.5 Å². The quantitative estimate of drug-likeness (QED) is 0.526. The number of halogens is 3. The van der Waals surface area contributed by atoms with Crippen LogP contribution in [0.3, 0.4) is 0 Å². The number of ether oxygens (including phenoxy) is 1. The largest absolute Gasteiger partial charge is 0.345 e. The highest BCUT2D eigenvalue weighted by Crippen LogP contribution is 1.93. The highest BCUT2D eigenvalue weighted by atomic mass is 35.5. The minimum absolute atomic E-state index is 0.0841. The monoisotopic (exact) mass is 130 g/mol. The predicted molar refractivity (Wildman–Crippen MR) is 22.7 cm³/mol. The molecule has 1 nitrogen and oxygen atoms in total. The van der Waals surface area contributed by atoms with Crippen LogP contribution in [-0.4, -0.2) is 19.1 Å². The van der Waals surface area contributed by atoms with Crippen LogP contribution in [0.5, 0.6) is 0 Å². The Bertz CT molecular complexity index is 41.9. The van der Waals surface area contributed by atoms with E-state index in [0.717, 1.165) is 0 Å². The van der Waals surface area contributed by atoms with Gasteiger partial charge in [0.2, 0.25) is 0 Å². The van der Waals surface area contributed by atoms with Gasteiger partial charge in [-0.3, -0.25) is 0 Å². The molecule has 7 heavy (non-hydrogen) atoms. The lowest BCUT2D eigenvalue weighted by Gasteiger charge is -1.94. The molecular formula is C3H5ClF2O. The van der Waals surface area contributed by atoms with Crippen LogP contribution in [0.1, 0.15) is 0 Å². The van der Waals surface area contributed by atoms with E-state index in [1.54, 1.807) is 0 Å². The summed E-state index contributed by atoms with van der Waals surface area (Å²) < 4.78 is 25.6. The fraction of sp³-hybridized carbons (Fsp3) is 1.00. The third-order valence-electron chi connectivity index (χ3n) is 0.321. The first kappa shape index (κ1) is 7.11. The zero-order chi connectivity index (χ0) is 5.70. The van der Waals surface area contributed by atoms with E-state index in [1.807, 2.05) is 0 Å². The molecule has 0 aliphatic rings. The van der Waals surface area contributed by atoms with Crippen molar-refractivity contribution in [3.05, 3.63) is 0 Å². The molecular weight excluding hydrogens is 125 g/mol. The lowest BCUT2D eigenvalue weighted by atomic mass is 10.9. The van der Waals surface area contributed by atoms with Gasteiger partial charge in [0.1, 0.15) is 0 Å². The molecule has 0 aromatic heterocycles. The van der Waals surface area contributed by atoms with Crippen LogP contribution in [0.2, 0.25) is 0 Å². The summed E-state index contributed by atoms with van der Waals surface area (Å²) in [6.45, 7) is -2.77. The Morgan fingerprint density at radius 1 is 1.57 bits per heavy atom. The Labute approximate surface area is 45.2 Å². The predicted octanol–water partition coefficient (Wildman–Crippen LogP) is 1.46. The van der Waals surface area contributed by atoms with Crippen LogP contribution in [0, 0.1) is 0 Å². The number of hydrogen-bond acceptors (Lipinski definition) is 1. The third kappa shape index (κ3) is 6.11. The Hall–Kier alpha value is 0.110. The van der Waals surface area contributed by atoms with Crippen molar-refractivity contribution in [1.29, 1.82) is 0 Å². The fourth-order valence-corrected chi connectivity index (χ4v) is 0.223. The van der Waals surface area contributed by atoms with Gasteiger partial charge in [-0.05, 0) is 0 Å². The summed E-state index contributed by atoms with van der Waals surface area (Å²) in [5, 5.41) is 0. The average molecular weight is 131 g/mol. The van der Waals surface area contributed by atoms with Gasteiger partial charge in [0.05, 0.1) is 6.61 Å². The van der Waals surface area contributed by atoms with Crippen LogP contribution in [0.4, 0.5) is 8.78 Å². The van der Waals surface area contributed by atoms with Gasteiger partial charge in [0.25, 0.3) is 0 Å². The maximum Gasteiger partial charge on any atom is 0.345 e. The van der Waals surface area contributed by atoms with E-state index in [2.05, 4.69) is 4.74 Å². The molecule has 0 aliphatic carbocycles. The highest BCUT2D eigenvalue weighted by molar-refractivity contribution is 6.17. The Kier molecular flexibility index (Phi) is 4.34. The molecule has 0 spiro atoms. The molecule has 0 aromatic rings. The van der Waals surface area contributed by atoms with Crippen molar-refractivity contribution >= 4 is 11.6 Å². The van der Waals surface area contributed by atoms with Crippen LogP contribution in [0.25, 0.3) is 0 Å². The summed E-state index contributed by atoms with van der Waals surface area (Å²) in [5.74, 6) is 0.115. The van der Waals surface area contributed by atoms with Crippen molar-refractivity contribution in [2.24, 2.45) is 0 Å². The van der Waals surface area contributed by atoms with Gasteiger partial charge in [-0.25, -0.2) is 0 Å². The summed E-state index contributed by atoms with van der Waals surface area (Å²) >= 11 is 4.99. The van der Waals surface area contributed by atoms with E-state index < -0.39 is 6.61 Å². The van der Waals surface area contributed by atoms with E-state index >= 15 is 0 Å². The van der Waals surface area contributed by atoms with Crippen LogP contribution < -0.4 is 0 Å². The molecule has 0 amide bonds. The van der Waals surface area contributed by atoms with Gasteiger partial charge >= 0.3 is 6.61 Å².